The van der Waals surface area contributed by atoms with Gasteiger partial charge in [0.25, 0.3) is 0 Å². The van der Waals surface area contributed by atoms with Gasteiger partial charge in [-0.2, -0.15) is 48.3 Å². The zero-order valence-electron chi connectivity index (χ0n) is 69.1. The summed E-state index contributed by atoms with van der Waals surface area (Å²) in [7, 11) is 0. The Labute approximate surface area is 751 Å². The van der Waals surface area contributed by atoms with Crippen molar-refractivity contribution in [3.05, 3.63) is 0 Å². The van der Waals surface area contributed by atoms with E-state index in [-0.39, 0.29) is 92.2 Å². The lowest BCUT2D eigenvalue weighted by Crippen LogP contribution is -2.51. The number of thioether (sulfide) groups is 12. The first-order valence-electron chi connectivity index (χ1n) is 40.5. The number of aliphatic hydroxyl groups is 8. The maximum Gasteiger partial charge on any atom is 0.404 e. The molecule has 6 heterocycles. The topological polar surface area (TPSA) is 320 Å². The van der Waals surface area contributed by atoms with E-state index in [2.05, 4.69) is 0 Å². The van der Waals surface area contributed by atoms with Crippen molar-refractivity contribution in [1.82, 2.24) is 0 Å². The van der Waals surface area contributed by atoms with Crippen LogP contribution in [0.1, 0.15) is 197 Å². The van der Waals surface area contributed by atoms with Gasteiger partial charge < -0.3 is 69.3 Å². The Kier molecular flexibility index (Phi) is 40.2. The predicted octanol–water partition coefficient (Wildman–Crippen LogP) is 15.5. The Morgan fingerprint density at radius 3 is 0.711 bits per heavy atom. The molecule has 6 spiro atoms. The highest BCUT2D eigenvalue weighted by Crippen LogP contribution is 2.63. The molecule has 0 radical (unpaired) electrons. The second kappa shape index (κ2) is 45.1. The highest BCUT2D eigenvalue weighted by Gasteiger charge is 2.61. The Balaban J connectivity index is 0.000000200. The molecule has 0 bridgehead atoms. The van der Waals surface area contributed by atoms with Crippen LogP contribution in [0, 0.1) is 16.2 Å². The van der Waals surface area contributed by atoms with E-state index in [0.29, 0.717) is 82.8 Å². The lowest BCUT2D eigenvalue weighted by atomic mass is 9.92. The van der Waals surface area contributed by atoms with Crippen LogP contribution in [0.5, 0.6) is 0 Å². The van der Waals surface area contributed by atoms with E-state index in [0.717, 1.165) is 146 Å². The van der Waals surface area contributed by atoms with Gasteiger partial charge in [-0.05, 0) is 143 Å². The van der Waals surface area contributed by atoms with E-state index < -0.39 is 130 Å². The number of carbonyl (C=O) groups excluding carboxylic acids is 6. The van der Waals surface area contributed by atoms with Crippen LogP contribution in [0.4, 0.5) is 52.7 Å². The molecule has 44 heteroatoms. The summed E-state index contributed by atoms with van der Waals surface area (Å²) in [6, 6.07) is 0. The fourth-order valence-corrected chi connectivity index (χ4v) is 37.6. The standard InChI is InChI=1S/C14H21F3O3S2.C14H22F2O4S2.C13H20F2O4S2.C13H21FO3S2.C12H18F2O3S2.C11H16F2O3S2/c1-12(2,14(15,16)17)11(19)20-10-5-3-4-6-13(10)21-8-9(7-18)22-13;1-12(15,16)11(19)20-10-4-2-3-5-14(10)21-8-13(6-17,7-18)9-22-14;1-11(14,15)10(18)19-9-3-2-4-13(9)20-7-12(5-16,6-17)8-21-13;1-12(2,14)11(16)17-10-5-3-4-6-13(10)18-8-9(7-15)19-13;1-11(13,14)10(16)17-9-4-2-3-5-12(9)18-7-8(6-15)19-12;1-10(12,13)9(15)16-8-3-2-4-11(8)17-6-7(5-14)18-11/h9-10,18H,3-8H2,1-2H3;10,17-18H,2-9H2,1H3;9,16-17H,2-8H2,1H3;9-10,15H,3-8H2,1-2H3;8-9,15H,2-7H2,1H3;7-8,14H,2-6H2,1H3. The van der Waals surface area contributed by atoms with Gasteiger partial charge in [-0.1, -0.05) is 25.7 Å². The van der Waals surface area contributed by atoms with Crippen molar-refractivity contribution in [2.75, 3.05) is 98.9 Å². The Hall–Kier alpha value is -0.140. The van der Waals surface area contributed by atoms with Crippen LogP contribution in [0.3, 0.4) is 0 Å². The molecule has 0 aromatic heterocycles. The van der Waals surface area contributed by atoms with Gasteiger partial charge in [0.1, 0.15) is 36.6 Å². The van der Waals surface area contributed by atoms with Crippen molar-refractivity contribution in [3.63, 3.8) is 0 Å². The normalized spacial score (nSPS) is 32.4. The lowest BCUT2D eigenvalue weighted by Gasteiger charge is -2.49. The van der Waals surface area contributed by atoms with E-state index in [1.165, 1.54) is 60.9 Å². The number of carbonyl (C=O) groups is 6. The van der Waals surface area contributed by atoms with Gasteiger partial charge in [-0.25, -0.2) is 28.4 Å². The maximum atomic E-state index is 13.6. The highest BCUT2D eigenvalue weighted by atomic mass is 32.2. The Morgan fingerprint density at radius 2 is 0.496 bits per heavy atom. The summed E-state index contributed by atoms with van der Waals surface area (Å²) in [5, 5.41) is 75.2. The number of esters is 6. The van der Waals surface area contributed by atoms with Gasteiger partial charge in [0.15, 0.2) is 5.41 Å². The summed E-state index contributed by atoms with van der Waals surface area (Å²) in [5.74, 6) is -16.4. The van der Waals surface area contributed by atoms with Gasteiger partial charge in [0.05, 0.1) is 77.3 Å². The zero-order chi connectivity index (χ0) is 90.3. The molecular formula is C77H118F12O20S12. The number of hydrogen-bond donors (Lipinski definition) is 8. The Morgan fingerprint density at radius 1 is 0.289 bits per heavy atom. The molecule has 12 aliphatic rings. The van der Waals surface area contributed by atoms with Gasteiger partial charge in [0, 0.05) is 106 Å². The molecule has 0 amide bonds. The second-order valence-corrected chi connectivity index (χ2v) is 52.6. The van der Waals surface area contributed by atoms with E-state index in [1.54, 1.807) is 94.1 Å². The second-order valence-electron chi connectivity index (χ2n) is 33.9. The monoisotopic (exact) mass is 1970 g/mol. The van der Waals surface area contributed by atoms with Crippen molar-refractivity contribution >= 4 is 177 Å². The minimum Gasteiger partial charge on any atom is -0.459 e. The van der Waals surface area contributed by atoms with Gasteiger partial charge >= 0.3 is 65.7 Å². The molecule has 8 N–H and O–H groups in total. The van der Waals surface area contributed by atoms with Crippen LogP contribution in [0.2, 0.25) is 0 Å². The summed E-state index contributed by atoms with van der Waals surface area (Å²) >= 11 is 19.1. The maximum absolute atomic E-state index is 13.6. The lowest BCUT2D eigenvalue weighted by molar-refractivity contribution is -0.228. The van der Waals surface area contributed by atoms with Crippen molar-refractivity contribution in [2.24, 2.45) is 16.2 Å². The fraction of sp³-hybridized carbons (Fsp3) is 0.922. The van der Waals surface area contributed by atoms with Crippen LogP contribution >= 0.6 is 141 Å². The number of ether oxygens (including phenoxy) is 6. The zero-order valence-corrected chi connectivity index (χ0v) is 78.9. The van der Waals surface area contributed by atoms with E-state index in [1.807, 2.05) is 0 Å². The largest absolute Gasteiger partial charge is 0.459 e. The van der Waals surface area contributed by atoms with E-state index >= 15 is 0 Å². The number of hydrogen-bond acceptors (Lipinski definition) is 32. The van der Waals surface area contributed by atoms with Gasteiger partial charge in [-0.15, -0.1) is 141 Å². The van der Waals surface area contributed by atoms with Crippen molar-refractivity contribution in [2.45, 2.75) is 314 Å². The SMILES string of the molecule is CC(C)(C(=O)OC1CCCCC12SCC(CO)S2)C(F)(F)F.CC(C)(F)C(=O)OC1CCCCC12SCC(CO)S2.CC(F)(F)C(=O)OC1CCCC12SCC(CO)(CO)CS2.CC(F)(F)C(=O)OC1CCCC12SCC(CO)S2.CC(F)(F)C(=O)OC1CCCCC12SCC(CO)(CO)CS2.CC(F)(F)C(=O)OC1CCCCC12SCC(CO)S2. The molecule has 121 heavy (non-hydrogen) atoms. The summed E-state index contributed by atoms with van der Waals surface area (Å²) < 4.78 is 185. The smallest absolute Gasteiger partial charge is 0.404 e. The first kappa shape index (κ1) is 108. The molecule has 6 aliphatic carbocycles. The first-order valence-corrected chi connectivity index (χ1v) is 51.9. The molecule has 14 unspecified atom stereocenters. The van der Waals surface area contributed by atoms with Gasteiger partial charge in [0.2, 0.25) is 5.67 Å². The van der Waals surface area contributed by atoms with Crippen LogP contribution in [0.25, 0.3) is 0 Å². The summed E-state index contributed by atoms with van der Waals surface area (Å²) in [6.07, 6.45) is 10.6. The number of rotatable bonds is 20. The van der Waals surface area contributed by atoms with Crippen LogP contribution < -0.4 is 0 Å². The molecule has 6 saturated carbocycles. The molecular weight excluding hydrogens is 1860 g/mol. The summed E-state index contributed by atoms with van der Waals surface area (Å²) in [6.45, 7) is 6.27. The molecule has 20 nitrogen and oxygen atoms in total. The molecule has 0 aromatic rings. The molecule has 0 aromatic carbocycles. The highest BCUT2D eigenvalue weighted by molar-refractivity contribution is 8.23. The number of halogens is 12. The molecule has 702 valence electrons. The Bertz CT molecular complexity index is 3270. The molecule has 6 aliphatic heterocycles. The van der Waals surface area contributed by atoms with Crippen molar-refractivity contribution in [3.8, 4) is 0 Å². The quantitative estimate of drug-likeness (QED) is 0.0319. The van der Waals surface area contributed by atoms with Crippen molar-refractivity contribution < 1.29 is 151 Å². The molecule has 14 atom stereocenters. The summed E-state index contributed by atoms with van der Waals surface area (Å²) in [4.78, 5) is 69.4. The summed E-state index contributed by atoms with van der Waals surface area (Å²) in [5.41, 5.74) is -5.55. The van der Waals surface area contributed by atoms with Crippen LogP contribution in [-0.4, -0.2) is 293 Å². The van der Waals surface area contributed by atoms with Crippen LogP contribution in [-0.2, 0) is 57.2 Å². The van der Waals surface area contributed by atoms with Gasteiger partial charge in [-0.3, -0.25) is 4.79 Å². The number of aliphatic hydroxyl groups excluding tert-OH is 8. The van der Waals surface area contributed by atoms with Crippen molar-refractivity contribution in [1.29, 1.82) is 0 Å². The van der Waals surface area contributed by atoms with E-state index in [4.69, 9.17) is 33.5 Å². The van der Waals surface area contributed by atoms with Crippen LogP contribution in [0.15, 0.2) is 0 Å². The third-order valence-corrected chi connectivity index (χ3v) is 46.5. The predicted molar refractivity (Wildman–Crippen MR) is 461 cm³/mol. The molecule has 6 saturated heterocycles. The average Bonchev–Trinajstić information content (AvgIpc) is 1.06. The first-order chi connectivity index (χ1) is 56.3. The third kappa shape index (κ3) is 28.2. The fourth-order valence-electron chi connectivity index (χ4n) is 14.9. The minimum atomic E-state index is -4.63. The minimum absolute atomic E-state index is 0.0358. The van der Waals surface area contributed by atoms with E-state index in [9.17, 15) is 117 Å². The molecule has 12 fully saturated rings. The third-order valence-electron chi connectivity index (χ3n) is 22.7. The average molecular weight is 1980 g/mol. The number of alkyl halides is 12. The molecule has 12 rings (SSSR count).